The highest BCUT2D eigenvalue weighted by Crippen LogP contribution is 2.31. The number of ether oxygens (including phenoxy) is 1. The van der Waals surface area contributed by atoms with Gasteiger partial charge in [-0.05, 0) is 12.1 Å². The molecule has 3 aromatic rings. The molecule has 1 aliphatic rings. The number of hydrogen-bond acceptors (Lipinski definition) is 8. The van der Waals surface area contributed by atoms with Crippen molar-refractivity contribution in [2.24, 2.45) is 0 Å². The summed E-state index contributed by atoms with van der Waals surface area (Å²) in [5.41, 5.74) is 6.62. The van der Waals surface area contributed by atoms with Crippen molar-refractivity contribution in [3.63, 3.8) is 0 Å². The Bertz CT molecular complexity index is 1050. The Labute approximate surface area is 162 Å². The van der Waals surface area contributed by atoms with E-state index in [4.69, 9.17) is 15.3 Å². The summed E-state index contributed by atoms with van der Waals surface area (Å²) in [6.07, 6.45) is -2.02. The molecule has 3 heterocycles. The van der Waals surface area contributed by atoms with E-state index >= 15 is 0 Å². The summed E-state index contributed by atoms with van der Waals surface area (Å²) < 4.78 is 34.7. The second-order valence-corrected chi connectivity index (χ2v) is 6.52. The Balaban J connectivity index is 1.59. The zero-order valence-corrected chi connectivity index (χ0v) is 14.9. The molecule has 0 spiro atoms. The molecule has 1 aliphatic heterocycles. The first-order valence-electron chi connectivity index (χ1n) is 8.63. The number of imidazole rings is 1. The van der Waals surface area contributed by atoms with Gasteiger partial charge in [0.05, 0.1) is 6.61 Å². The Kier molecular flexibility index (Phi) is 5.00. The van der Waals surface area contributed by atoms with E-state index < -0.39 is 42.8 Å². The van der Waals surface area contributed by atoms with E-state index in [0.717, 1.165) is 16.9 Å². The average molecular weight is 410 g/mol. The maximum Gasteiger partial charge on any atom is 0.289 e. The smallest absolute Gasteiger partial charge is 0.289 e. The third kappa shape index (κ3) is 3.35. The van der Waals surface area contributed by atoms with Crippen molar-refractivity contribution < 1.29 is 38.4 Å². The van der Waals surface area contributed by atoms with Crippen LogP contribution in [0.15, 0.2) is 30.9 Å². The molecule has 0 unspecified atom stereocenters. The van der Waals surface area contributed by atoms with E-state index in [1.54, 1.807) is 0 Å². The minimum atomic E-state index is -1.31. The molecule has 0 aliphatic carbocycles. The molecule has 4 rings (SSSR count). The minimum absolute atomic E-state index is 0.0445. The van der Waals surface area contributed by atoms with Crippen molar-refractivity contribution in [2.45, 2.75) is 31.1 Å². The number of aliphatic hydroxyl groups is 3. The van der Waals surface area contributed by atoms with Crippen LogP contribution in [0, 0.1) is 11.6 Å². The number of rotatable bonds is 5. The normalized spacial score (nSPS) is 24.3. The monoisotopic (exact) mass is 410 g/mol. The summed E-state index contributed by atoms with van der Waals surface area (Å²) in [5.74, 6) is -1.41. The third-order valence-corrected chi connectivity index (χ3v) is 4.70. The highest BCUT2D eigenvalue weighted by molar-refractivity contribution is 5.79. The number of nitrogen functional groups attached to an aromatic ring is 1. The first-order chi connectivity index (χ1) is 13.9. The topological polar surface area (TPSA) is 140 Å². The van der Waals surface area contributed by atoms with Gasteiger partial charge in [0.25, 0.3) is 12.1 Å². The standard InChI is InChI=1S/C17H17F2N5O5/c18-9-2-1-8(10(19)3-9)5-28-24-7-22-16-12(15(24)20)21-6-23(16)17-14(27)13(26)11(4-25)29-17/h1-3,6-7,11,13-14,17,20,25-27H,4-5H2/p+1/t11-,13-,14-,17-/m1/s1. The number of nitrogens with zero attached hydrogens (tertiary/aromatic N) is 4. The number of nitrogens with two attached hydrogens (primary N) is 1. The fourth-order valence-corrected chi connectivity index (χ4v) is 3.11. The lowest BCUT2D eigenvalue weighted by Gasteiger charge is -2.15. The van der Waals surface area contributed by atoms with E-state index in [1.807, 2.05) is 0 Å². The van der Waals surface area contributed by atoms with Crippen molar-refractivity contribution in [2.75, 3.05) is 12.3 Å². The Morgan fingerprint density at radius 1 is 1.24 bits per heavy atom. The van der Waals surface area contributed by atoms with Gasteiger partial charge in [-0.2, -0.15) is 0 Å². The Morgan fingerprint density at radius 2 is 2.03 bits per heavy atom. The summed E-state index contributed by atoms with van der Waals surface area (Å²) in [7, 11) is 0. The molecule has 1 fully saturated rings. The molecule has 0 radical (unpaired) electrons. The highest BCUT2D eigenvalue weighted by Gasteiger charge is 2.44. The average Bonchev–Trinajstić information content (AvgIpc) is 3.24. The van der Waals surface area contributed by atoms with Crippen LogP contribution in [0.4, 0.5) is 14.6 Å². The molecule has 1 aromatic carbocycles. The number of fused-ring (bicyclic) bond motifs is 1. The van der Waals surface area contributed by atoms with Crippen molar-refractivity contribution >= 4 is 17.0 Å². The first-order valence-corrected chi connectivity index (χ1v) is 8.63. The summed E-state index contributed by atoms with van der Waals surface area (Å²) in [6, 6.07) is 3.11. The van der Waals surface area contributed by atoms with Crippen LogP contribution in [0.2, 0.25) is 0 Å². The Hall–Kier alpha value is -2.93. The lowest BCUT2D eigenvalue weighted by molar-refractivity contribution is -0.885. The van der Waals surface area contributed by atoms with Crippen LogP contribution in [0.25, 0.3) is 11.2 Å². The molecule has 0 saturated carbocycles. The molecule has 154 valence electrons. The highest BCUT2D eigenvalue weighted by atomic mass is 19.1. The van der Waals surface area contributed by atoms with Crippen molar-refractivity contribution in [1.82, 2.24) is 14.5 Å². The molecule has 10 nitrogen and oxygen atoms in total. The van der Waals surface area contributed by atoms with Gasteiger partial charge in [-0.15, -0.1) is 0 Å². The van der Waals surface area contributed by atoms with Crippen LogP contribution in [0.1, 0.15) is 11.8 Å². The molecule has 5 N–H and O–H groups in total. The summed E-state index contributed by atoms with van der Waals surface area (Å²) in [4.78, 5) is 13.7. The fourth-order valence-electron chi connectivity index (χ4n) is 3.11. The van der Waals surface area contributed by atoms with E-state index in [0.29, 0.717) is 0 Å². The van der Waals surface area contributed by atoms with Gasteiger partial charge in [-0.25, -0.2) is 13.8 Å². The largest absolute Gasteiger partial charge is 0.394 e. The predicted molar refractivity (Wildman–Crippen MR) is 91.8 cm³/mol. The molecular weight excluding hydrogens is 392 g/mol. The summed E-state index contributed by atoms with van der Waals surface area (Å²) >= 11 is 0. The maximum atomic E-state index is 13.7. The fraction of sp³-hybridized carbons (Fsp3) is 0.353. The number of halogens is 2. The predicted octanol–water partition coefficient (Wildman–Crippen LogP) is -1.18. The van der Waals surface area contributed by atoms with E-state index in [1.165, 1.54) is 23.3 Å². The lowest BCUT2D eigenvalue weighted by atomic mass is 10.1. The van der Waals surface area contributed by atoms with E-state index in [9.17, 15) is 24.1 Å². The molecule has 2 aromatic heterocycles. The number of benzene rings is 1. The molecule has 0 bridgehead atoms. The van der Waals surface area contributed by atoms with Crippen LogP contribution in [0.3, 0.4) is 0 Å². The molecule has 4 atom stereocenters. The van der Waals surface area contributed by atoms with Crippen molar-refractivity contribution in [1.29, 1.82) is 0 Å². The van der Waals surface area contributed by atoms with E-state index in [2.05, 4.69) is 9.97 Å². The Morgan fingerprint density at radius 3 is 2.72 bits per heavy atom. The molecule has 12 heteroatoms. The van der Waals surface area contributed by atoms with Gasteiger partial charge in [-0.3, -0.25) is 4.57 Å². The lowest BCUT2D eigenvalue weighted by Crippen LogP contribution is -2.45. The van der Waals surface area contributed by atoms with Crippen LogP contribution in [-0.4, -0.2) is 54.8 Å². The van der Waals surface area contributed by atoms with Gasteiger partial charge < -0.3 is 30.6 Å². The summed E-state index contributed by atoms with van der Waals surface area (Å²) in [6.45, 7) is -0.700. The third-order valence-electron chi connectivity index (χ3n) is 4.70. The second-order valence-electron chi connectivity index (χ2n) is 6.52. The quantitative estimate of drug-likeness (QED) is 0.386. The summed E-state index contributed by atoms with van der Waals surface area (Å²) in [5, 5.41) is 29.3. The molecule has 0 amide bonds. The molecule has 29 heavy (non-hydrogen) atoms. The number of aliphatic hydroxyl groups excluding tert-OH is 3. The molecular formula is C17H18F2N5O5+. The van der Waals surface area contributed by atoms with Gasteiger partial charge in [0.2, 0.25) is 11.2 Å². The van der Waals surface area contributed by atoms with Gasteiger partial charge in [0.15, 0.2) is 12.8 Å². The second kappa shape index (κ2) is 7.48. The van der Waals surface area contributed by atoms with Crippen molar-refractivity contribution in [3.8, 4) is 0 Å². The number of aromatic nitrogens is 4. The first kappa shape index (κ1) is 19.4. The maximum absolute atomic E-state index is 13.7. The van der Waals surface area contributed by atoms with Crippen LogP contribution in [0.5, 0.6) is 0 Å². The van der Waals surface area contributed by atoms with E-state index in [-0.39, 0.29) is 29.2 Å². The number of hydrogen-bond donors (Lipinski definition) is 4. The van der Waals surface area contributed by atoms with Crippen LogP contribution >= 0.6 is 0 Å². The van der Waals surface area contributed by atoms with Crippen LogP contribution in [-0.2, 0) is 11.3 Å². The van der Waals surface area contributed by atoms with Crippen LogP contribution < -0.4 is 15.3 Å². The molecule has 1 saturated heterocycles. The zero-order chi connectivity index (χ0) is 20.7. The van der Waals surface area contributed by atoms with Gasteiger partial charge in [0, 0.05) is 11.6 Å². The number of anilines is 1. The SMILES string of the molecule is Nc1c2ncn([C@@H]3O[C@H](CO)[C@@H](O)[C@H]3O)c2nc[n+]1OCc1ccc(F)cc1F. The van der Waals surface area contributed by atoms with Gasteiger partial charge in [0.1, 0.15) is 36.3 Å². The van der Waals surface area contributed by atoms with Crippen molar-refractivity contribution in [3.05, 3.63) is 48.1 Å². The zero-order valence-electron chi connectivity index (χ0n) is 14.9. The van der Waals surface area contributed by atoms with Gasteiger partial charge >= 0.3 is 0 Å². The van der Waals surface area contributed by atoms with Gasteiger partial charge in [-0.1, -0.05) is 9.71 Å². The minimum Gasteiger partial charge on any atom is -0.394 e.